The van der Waals surface area contributed by atoms with Crippen LogP contribution in [-0.4, -0.2) is 22.6 Å². The third-order valence-corrected chi connectivity index (χ3v) is 5.10. The third-order valence-electron chi connectivity index (χ3n) is 5.10. The predicted octanol–water partition coefficient (Wildman–Crippen LogP) is 3.77. The van der Waals surface area contributed by atoms with Gasteiger partial charge >= 0.3 is 6.18 Å². The molecule has 1 amide bonds. The highest BCUT2D eigenvalue weighted by atomic mass is 19.4. The number of aromatic nitrogens is 2. The fourth-order valence-corrected chi connectivity index (χ4v) is 3.42. The van der Waals surface area contributed by atoms with Crippen LogP contribution in [0.15, 0.2) is 24.3 Å². The van der Waals surface area contributed by atoms with Gasteiger partial charge in [-0.25, -0.2) is 4.39 Å². The summed E-state index contributed by atoms with van der Waals surface area (Å²) in [4.78, 5) is 12.5. The number of rotatable bonds is 4. The molecule has 0 saturated heterocycles. The van der Waals surface area contributed by atoms with E-state index >= 15 is 0 Å². The van der Waals surface area contributed by atoms with Crippen LogP contribution in [0, 0.1) is 11.7 Å². The van der Waals surface area contributed by atoms with E-state index in [-0.39, 0.29) is 30.3 Å². The van der Waals surface area contributed by atoms with Gasteiger partial charge in [0.2, 0.25) is 5.91 Å². The van der Waals surface area contributed by atoms with Gasteiger partial charge in [-0.1, -0.05) is 26.0 Å². The fourth-order valence-electron chi connectivity index (χ4n) is 3.42. The van der Waals surface area contributed by atoms with E-state index in [0.717, 1.165) is 5.56 Å². The van der Waals surface area contributed by atoms with Crippen molar-refractivity contribution in [1.29, 1.82) is 0 Å². The molecule has 1 aliphatic carbocycles. The first-order chi connectivity index (χ1) is 12.6. The molecular formula is C19H21F4N3O. The molecule has 0 saturated carbocycles. The van der Waals surface area contributed by atoms with Crippen LogP contribution in [0.5, 0.6) is 0 Å². The molecule has 4 nitrogen and oxygen atoms in total. The number of benzene rings is 1. The Balaban J connectivity index is 1.67. The van der Waals surface area contributed by atoms with Crippen LogP contribution in [0.3, 0.4) is 0 Å². The van der Waals surface area contributed by atoms with Gasteiger partial charge in [0, 0.05) is 29.1 Å². The molecule has 146 valence electrons. The summed E-state index contributed by atoms with van der Waals surface area (Å²) in [6, 6.07) is 6.15. The number of carbonyl (C=O) groups is 1. The lowest BCUT2D eigenvalue weighted by molar-refractivity contribution is -0.142. The largest absolute Gasteiger partial charge is 0.435 e. The highest BCUT2D eigenvalue weighted by Crippen LogP contribution is 2.36. The summed E-state index contributed by atoms with van der Waals surface area (Å²) in [6.07, 6.45) is -3.72. The Morgan fingerprint density at radius 3 is 2.74 bits per heavy atom. The van der Waals surface area contributed by atoms with Crippen molar-refractivity contribution in [3.8, 4) is 0 Å². The van der Waals surface area contributed by atoms with E-state index in [4.69, 9.17) is 0 Å². The Bertz CT molecular complexity index is 842. The van der Waals surface area contributed by atoms with Crippen LogP contribution in [0.25, 0.3) is 0 Å². The lowest BCUT2D eigenvalue weighted by Crippen LogP contribution is -2.41. The van der Waals surface area contributed by atoms with Crippen molar-refractivity contribution in [2.24, 2.45) is 5.92 Å². The molecule has 8 heteroatoms. The molecule has 0 fully saturated rings. The molecule has 27 heavy (non-hydrogen) atoms. The summed E-state index contributed by atoms with van der Waals surface area (Å²) in [6.45, 7) is 4.01. The van der Waals surface area contributed by atoms with Crippen LogP contribution < -0.4 is 5.32 Å². The second-order valence-electron chi connectivity index (χ2n) is 7.58. The van der Waals surface area contributed by atoms with Crippen LogP contribution >= 0.6 is 0 Å². The topological polar surface area (TPSA) is 57.8 Å². The number of hydrogen-bond acceptors (Lipinski definition) is 2. The summed E-state index contributed by atoms with van der Waals surface area (Å²) in [5, 5.41) is 8.64. The monoisotopic (exact) mass is 383 g/mol. The van der Waals surface area contributed by atoms with Crippen LogP contribution in [0.4, 0.5) is 17.6 Å². The van der Waals surface area contributed by atoms with Gasteiger partial charge in [0.25, 0.3) is 0 Å². The van der Waals surface area contributed by atoms with Crippen molar-refractivity contribution in [2.45, 2.75) is 44.7 Å². The van der Waals surface area contributed by atoms with E-state index in [1.807, 2.05) is 13.8 Å². The number of nitrogens with zero attached hydrogens (tertiary/aromatic N) is 1. The van der Waals surface area contributed by atoms with Crippen molar-refractivity contribution in [3.63, 3.8) is 0 Å². The molecule has 1 aromatic carbocycles. The zero-order valence-corrected chi connectivity index (χ0v) is 15.1. The maximum absolute atomic E-state index is 13.4. The standard InChI is InChI=1S/C19H21F4N3O/c1-18(2,12-4-3-5-13(20)9-12)10-24-17(27)11-6-7-15-14(8-11)16(26-25-15)19(21,22)23/h3-5,9,11H,6-8,10H2,1-2H3,(H,24,27)(H,25,26). The number of nitrogens with one attached hydrogen (secondary N) is 2. The number of halogens is 4. The Hall–Kier alpha value is -2.38. The average molecular weight is 383 g/mol. The maximum atomic E-state index is 13.4. The number of alkyl halides is 3. The molecule has 0 spiro atoms. The first-order valence-corrected chi connectivity index (χ1v) is 8.75. The molecule has 2 aromatic rings. The van der Waals surface area contributed by atoms with E-state index in [1.165, 1.54) is 12.1 Å². The van der Waals surface area contributed by atoms with E-state index in [1.54, 1.807) is 12.1 Å². The first kappa shape index (κ1) is 19.4. The van der Waals surface area contributed by atoms with Crippen molar-refractivity contribution in [2.75, 3.05) is 6.54 Å². The molecule has 1 aromatic heterocycles. The minimum atomic E-state index is -4.54. The van der Waals surface area contributed by atoms with Gasteiger partial charge in [-0.3, -0.25) is 9.89 Å². The number of fused-ring (bicyclic) bond motifs is 1. The Labute approximate surface area is 154 Å². The van der Waals surface area contributed by atoms with E-state index in [9.17, 15) is 22.4 Å². The maximum Gasteiger partial charge on any atom is 0.435 e. The zero-order chi connectivity index (χ0) is 19.8. The minimum Gasteiger partial charge on any atom is -0.355 e. The molecule has 3 rings (SSSR count). The Morgan fingerprint density at radius 2 is 2.07 bits per heavy atom. The number of amides is 1. The molecule has 1 aliphatic rings. The van der Waals surface area contributed by atoms with Gasteiger partial charge in [-0.2, -0.15) is 18.3 Å². The molecule has 0 bridgehead atoms. The lowest BCUT2D eigenvalue weighted by Gasteiger charge is -2.28. The number of aromatic amines is 1. The summed E-state index contributed by atoms with van der Waals surface area (Å²) in [7, 11) is 0. The number of hydrogen-bond donors (Lipinski definition) is 2. The van der Waals surface area contributed by atoms with Crippen LogP contribution in [0.2, 0.25) is 0 Å². The minimum absolute atomic E-state index is 0.00685. The summed E-state index contributed by atoms with van der Waals surface area (Å²) >= 11 is 0. The first-order valence-electron chi connectivity index (χ1n) is 8.75. The highest BCUT2D eigenvalue weighted by molar-refractivity contribution is 5.79. The SMILES string of the molecule is CC(C)(CNC(=O)C1CCc2[nH]nc(C(F)(F)F)c2C1)c1cccc(F)c1. The molecular weight excluding hydrogens is 362 g/mol. The summed E-state index contributed by atoms with van der Waals surface area (Å²) in [5.74, 6) is -1.19. The Morgan fingerprint density at radius 1 is 1.33 bits per heavy atom. The Kier molecular flexibility index (Phi) is 5.01. The number of aryl methyl sites for hydroxylation is 1. The zero-order valence-electron chi connectivity index (χ0n) is 15.1. The second kappa shape index (κ2) is 6.98. The van der Waals surface area contributed by atoms with E-state index in [2.05, 4.69) is 15.5 Å². The highest BCUT2D eigenvalue weighted by Gasteiger charge is 2.40. The van der Waals surface area contributed by atoms with Gasteiger partial charge in [0.1, 0.15) is 5.82 Å². The quantitative estimate of drug-likeness (QED) is 0.790. The molecule has 0 radical (unpaired) electrons. The van der Waals surface area contributed by atoms with Gasteiger partial charge in [0.15, 0.2) is 5.69 Å². The van der Waals surface area contributed by atoms with Gasteiger partial charge in [-0.05, 0) is 37.0 Å². The lowest BCUT2D eigenvalue weighted by atomic mass is 9.83. The average Bonchev–Trinajstić information content (AvgIpc) is 3.03. The fraction of sp³-hybridized carbons (Fsp3) is 0.474. The van der Waals surface area contributed by atoms with Crippen molar-refractivity contribution in [1.82, 2.24) is 15.5 Å². The molecule has 1 unspecified atom stereocenters. The van der Waals surface area contributed by atoms with Gasteiger partial charge in [0.05, 0.1) is 0 Å². The summed E-state index contributed by atoms with van der Waals surface area (Å²) < 4.78 is 52.6. The smallest absolute Gasteiger partial charge is 0.355 e. The predicted molar refractivity (Wildman–Crippen MR) is 91.5 cm³/mol. The van der Waals surface area contributed by atoms with E-state index < -0.39 is 23.2 Å². The van der Waals surface area contributed by atoms with Crippen molar-refractivity contribution >= 4 is 5.91 Å². The van der Waals surface area contributed by atoms with E-state index in [0.29, 0.717) is 18.5 Å². The molecule has 2 N–H and O–H groups in total. The summed E-state index contributed by atoms with van der Waals surface area (Å²) in [5.41, 5.74) is -0.174. The van der Waals surface area contributed by atoms with Crippen LogP contribution in [-0.2, 0) is 29.2 Å². The number of carbonyl (C=O) groups excluding carboxylic acids is 1. The molecule has 1 atom stereocenters. The third kappa shape index (κ3) is 4.14. The second-order valence-corrected chi connectivity index (χ2v) is 7.58. The van der Waals surface area contributed by atoms with Crippen molar-refractivity contribution in [3.05, 3.63) is 52.6 Å². The van der Waals surface area contributed by atoms with Crippen LogP contribution in [0.1, 0.15) is 42.8 Å². The molecule has 0 aliphatic heterocycles. The number of H-pyrrole nitrogens is 1. The van der Waals surface area contributed by atoms with Crippen molar-refractivity contribution < 1.29 is 22.4 Å². The normalized spacial score (nSPS) is 17.5. The van der Waals surface area contributed by atoms with Gasteiger partial charge in [-0.15, -0.1) is 0 Å². The van der Waals surface area contributed by atoms with Gasteiger partial charge < -0.3 is 5.32 Å². The molecule has 1 heterocycles.